The van der Waals surface area contributed by atoms with E-state index in [1.54, 1.807) is 22.1 Å². The van der Waals surface area contributed by atoms with Crippen LogP contribution in [0.5, 0.6) is 0 Å². The number of nitrogens with zero attached hydrogens (tertiary/aromatic N) is 5. The third-order valence-electron chi connectivity index (χ3n) is 6.58. The summed E-state index contributed by atoms with van der Waals surface area (Å²) in [5.41, 5.74) is 1.86. The molecular formula is C27H38N6O4. The number of rotatable bonds is 7. The molecule has 10 heteroatoms. The lowest BCUT2D eigenvalue weighted by Crippen LogP contribution is -2.49. The normalized spacial score (nSPS) is 19.5. The van der Waals surface area contributed by atoms with Crippen molar-refractivity contribution >= 4 is 24.0 Å². The van der Waals surface area contributed by atoms with Crippen LogP contribution >= 0.6 is 0 Å². The van der Waals surface area contributed by atoms with E-state index in [4.69, 9.17) is 9.47 Å². The lowest BCUT2D eigenvalue weighted by molar-refractivity contribution is 0.0139. The number of benzene rings is 1. The maximum absolute atomic E-state index is 12.3. The van der Waals surface area contributed by atoms with Crippen molar-refractivity contribution in [3.8, 4) is 0 Å². The number of cyclic esters (lactones) is 1. The lowest BCUT2D eigenvalue weighted by Gasteiger charge is -2.35. The zero-order chi connectivity index (χ0) is 26.6. The number of amides is 2. The second kappa shape index (κ2) is 11.3. The number of anilines is 2. The third-order valence-corrected chi connectivity index (χ3v) is 6.58. The van der Waals surface area contributed by atoms with E-state index in [1.165, 1.54) is 5.56 Å². The van der Waals surface area contributed by atoms with Gasteiger partial charge in [-0.2, -0.15) is 4.98 Å². The van der Waals surface area contributed by atoms with Crippen LogP contribution in [0, 0.1) is 0 Å². The van der Waals surface area contributed by atoms with Gasteiger partial charge in [0.15, 0.2) is 0 Å². The highest BCUT2D eigenvalue weighted by atomic mass is 16.6. The molecule has 1 aromatic carbocycles. The topological polar surface area (TPSA) is 100 Å². The molecule has 0 aliphatic carbocycles. The number of carbonyl (C=O) groups is 2. The van der Waals surface area contributed by atoms with Crippen molar-refractivity contribution < 1.29 is 19.1 Å². The van der Waals surface area contributed by atoms with Crippen LogP contribution < -0.4 is 10.2 Å². The van der Waals surface area contributed by atoms with E-state index >= 15 is 0 Å². The van der Waals surface area contributed by atoms with E-state index in [2.05, 4.69) is 51.4 Å². The first-order valence-electron chi connectivity index (χ1n) is 13.0. The summed E-state index contributed by atoms with van der Waals surface area (Å²) < 4.78 is 10.7. The van der Waals surface area contributed by atoms with Gasteiger partial charge in [0.2, 0.25) is 5.95 Å². The zero-order valence-corrected chi connectivity index (χ0v) is 22.4. The van der Waals surface area contributed by atoms with E-state index in [1.807, 2.05) is 27.7 Å². The number of aromatic nitrogens is 2. The first kappa shape index (κ1) is 26.7. The molecule has 37 heavy (non-hydrogen) atoms. The predicted octanol–water partition coefficient (Wildman–Crippen LogP) is 4.44. The van der Waals surface area contributed by atoms with Gasteiger partial charge in [0.05, 0.1) is 12.1 Å². The molecule has 1 aromatic heterocycles. The summed E-state index contributed by atoms with van der Waals surface area (Å²) in [6.45, 7) is 13.9. The molecule has 1 unspecified atom stereocenters. The Morgan fingerprint density at radius 2 is 1.86 bits per heavy atom. The minimum absolute atomic E-state index is 0.0134. The van der Waals surface area contributed by atoms with Gasteiger partial charge in [0, 0.05) is 38.9 Å². The van der Waals surface area contributed by atoms with Gasteiger partial charge >= 0.3 is 12.2 Å². The Morgan fingerprint density at radius 3 is 2.51 bits per heavy atom. The number of nitrogens with one attached hydrogen (secondary N) is 1. The Balaban J connectivity index is 1.30. The summed E-state index contributed by atoms with van der Waals surface area (Å²) in [7, 11) is 0. The highest BCUT2D eigenvalue weighted by molar-refractivity contribution is 5.89. The van der Waals surface area contributed by atoms with Crippen molar-refractivity contribution in [1.82, 2.24) is 19.8 Å². The first-order valence-corrected chi connectivity index (χ1v) is 13.0. The SMILES string of the molecule is CCC1COC(=O)N1c1ccnc(N[C@@H](C)c2ccc(CN3CCN(C(=O)OC(C)(C)C)CC3)cc2)n1. The van der Waals surface area contributed by atoms with E-state index in [9.17, 15) is 9.59 Å². The number of piperazine rings is 1. The van der Waals surface area contributed by atoms with Gasteiger partial charge in [-0.05, 0) is 51.3 Å². The molecule has 2 saturated heterocycles. The second-order valence-corrected chi connectivity index (χ2v) is 10.6. The average molecular weight is 511 g/mol. The van der Waals surface area contributed by atoms with Gasteiger partial charge in [-0.25, -0.2) is 14.6 Å². The van der Waals surface area contributed by atoms with Crippen LogP contribution in [0.3, 0.4) is 0 Å². The lowest BCUT2D eigenvalue weighted by atomic mass is 10.1. The standard InChI is InChI=1S/C27H38N6O4/c1-6-22-18-36-26(35)33(22)23-11-12-28-24(30-23)29-19(2)21-9-7-20(8-10-21)17-31-13-15-32(16-14-31)25(34)37-27(3,4)5/h7-12,19,22H,6,13-18H2,1-5H3,(H,28,29,30)/t19-,22?/m0/s1. The van der Waals surface area contributed by atoms with E-state index in [-0.39, 0.29) is 24.3 Å². The van der Waals surface area contributed by atoms with Crippen molar-refractivity contribution in [3.05, 3.63) is 47.7 Å². The van der Waals surface area contributed by atoms with E-state index in [0.29, 0.717) is 31.5 Å². The number of ether oxygens (including phenoxy) is 2. The maximum Gasteiger partial charge on any atom is 0.415 e. The van der Waals surface area contributed by atoms with Crippen molar-refractivity contribution in [2.24, 2.45) is 0 Å². The van der Waals surface area contributed by atoms with E-state index < -0.39 is 5.60 Å². The average Bonchev–Trinajstić information content (AvgIpc) is 3.24. The van der Waals surface area contributed by atoms with Gasteiger partial charge in [0.25, 0.3) is 0 Å². The molecule has 2 atom stereocenters. The summed E-state index contributed by atoms with van der Waals surface area (Å²) in [6.07, 6.45) is 1.84. The molecule has 2 amide bonds. The molecule has 200 valence electrons. The summed E-state index contributed by atoms with van der Waals surface area (Å²) in [5.74, 6) is 1.01. The summed E-state index contributed by atoms with van der Waals surface area (Å²) in [6, 6.07) is 10.2. The fourth-order valence-electron chi connectivity index (χ4n) is 4.46. The zero-order valence-electron chi connectivity index (χ0n) is 22.4. The Bertz CT molecular complexity index is 1080. The molecule has 3 heterocycles. The first-order chi connectivity index (χ1) is 17.6. The van der Waals surface area contributed by atoms with Crippen LogP contribution in [-0.4, -0.2) is 76.4 Å². The Kier molecular flexibility index (Phi) is 8.16. The van der Waals surface area contributed by atoms with Crippen LogP contribution in [0.25, 0.3) is 0 Å². The van der Waals surface area contributed by atoms with Crippen LogP contribution in [0.15, 0.2) is 36.5 Å². The summed E-state index contributed by atoms with van der Waals surface area (Å²) in [4.78, 5) is 39.1. The minimum atomic E-state index is -0.475. The smallest absolute Gasteiger partial charge is 0.415 e. The summed E-state index contributed by atoms with van der Waals surface area (Å²) >= 11 is 0. The van der Waals surface area contributed by atoms with Gasteiger partial charge < -0.3 is 19.7 Å². The molecule has 2 aliphatic heterocycles. The largest absolute Gasteiger partial charge is 0.447 e. The molecule has 2 aliphatic rings. The quantitative estimate of drug-likeness (QED) is 0.584. The molecule has 10 nitrogen and oxygen atoms in total. The molecule has 4 rings (SSSR count). The molecule has 2 aromatic rings. The van der Waals surface area contributed by atoms with Crippen LogP contribution in [0.1, 0.15) is 58.2 Å². The molecule has 0 bridgehead atoms. The van der Waals surface area contributed by atoms with Gasteiger partial charge in [0.1, 0.15) is 18.0 Å². The van der Waals surface area contributed by atoms with Crippen LogP contribution in [0.4, 0.5) is 21.4 Å². The third kappa shape index (κ3) is 6.88. The molecule has 2 fully saturated rings. The summed E-state index contributed by atoms with van der Waals surface area (Å²) in [5, 5.41) is 3.34. The minimum Gasteiger partial charge on any atom is -0.447 e. The Morgan fingerprint density at radius 1 is 1.16 bits per heavy atom. The van der Waals surface area contributed by atoms with Crippen molar-refractivity contribution in [2.45, 2.75) is 65.3 Å². The number of hydrogen-bond donors (Lipinski definition) is 1. The van der Waals surface area contributed by atoms with Gasteiger partial charge in [-0.3, -0.25) is 9.80 Å². The van der Waals surface area contributed by atoms with Gasteiger partial charge in [-0.1, -0.05) is 31.2 Å². The Hall–Kier alpha value is -3.40. The molecule has 0 spiro atoms. The van der Waals surface area contributed by atoms with Gasteiger partial charge in [-0.15, -0.1) is 0 Å². The highest BCUT2D eigenvalue weighted by Crippen LogP contribution is 2.25. The molecule has 0 saturated carbocycles. The molecular weight excluding hydrogens is 472 g/mol. The van der Waals surface area contributed by atoms with Crippen molar-refractivity contribution in [3.63, 3.8) is 0 Å². The second-order valence-electron chi connectivity index (χ2n) is 10.6. The van der Waals surface area contributed by atoms with Crippen LogP contribution in [0.2, 0.25) is 0 Å². The molecule has 1 N–H and O–H groups in total. The fourth-order valence-corrected chi connectivity index (χ4v) is 4.46. The maximum atomic E-state index is 12.3. The number of carbonyl (C=O) groups excluding carboxylic acids is 2. The van der Waals surface area contributed by atoms with Crippen molar-refractivity contribution in [1.29, 1.82) is 0 Å². The Labute approximate surface area is 218 Å². The number of hydrogen-bond acceptors (Lipinski definition) is 8. The fraction of sp³-hybridized carbons (Fsp3) is 0.556. The molecule has 0 radical (unpaired) electrons. The van der Waals surface area contributed by atoms with Crippen LogP contribution in [-0.2, 0) is 16.0 Å². The van der Waals surface area contributed by atoms with Crippen molar-refractivity contribution in [2.75, 3.05) is 43.0 Å². The monoisotopic (exact) mass is 510 g/mol. The highest BCUT2D eigenvalue weighted by Gasteiger charge is 2.34. The van der Waals surface area contributed by atoms with E-state index in [0.717, 1.165) is 31.6 Å². The predicted molar refractivity (Wildman–Crippen MR) is 142 cm³/mol.